The number of carbonyl (C=O) groups excluding carboxylic acids is 2. The second-order valence-electron chi connectivity index (χ2n) is 4.71. The number of carbonyl (C=O) groups is 2. The van der Waals surface area contributed by atoms with Gasteiger partial charge in [-0.2, -0.15) is 0 Å². The maximum atomic E-state index is 11.6. The van der Waals surface area contributed by atoms with Crippen molar-refractivity contribution >= 4 is 22.7 Å². The Morgan fingerprint density at radius 1 is 0.957 bits per heavy atom. The zero-order chi connectivity index (χ0) is 17.0. The van der Waals surface area contributed by atoms with Crippen LogP contribution < -0.4 is 14.2 Å². The zero-order valence-electron chi connectivity index (χ0n) is 12.9. The molecule has 0 aliphatic rings. The minimum atomic E-state index is -0.610. The van der Waals surface area contributed by atoms with Gasteiger partial charge in [-0.1, -0.05) is 30.9 Å². The van der Waals surface area contributed by atoms with E-state index in [-0.39, 0.29) is 11.5 Å². The van der Waals surface area contributed by atoms with Gasteiger partial charge in [-0.15, -0.1) is 0 Å². The van der Waals surface area contributed by atoms with Crippen LogP contribution >= 0.6 is 0 Å². The molecular formula is C18H16O5. The molecule has 0 bridgehead atoms. The molecule has 0 saturated heterocycles. The van der Waals surface area contributed by atoms with Gasteiger partial charge >= 0.3 is 11.9 Å². The molecular weight excluding hydrogens is 296 g/mol. The fraction of sp³-hybridized carbons (Fsp3) is 0.111. The number of esters is 2. The SMILES string of the molecule is C=CC(=O)Oc1cc(OC)c(OC(=O)C=C)c2ccc(C)cc12. The Balaban J connectivity index is 2.73. The molecule has 0 aliphatic carbocycles. The van der Waals surface area contributed by atoms with Gasteiger partial charge < -0.3 is 14.2 Å². The van der Waals surface area contributed by atoms with Crippen LogP contribution in [0.2, 0.25) is 0 Å². The Hall–Kier alpha value is -3.08. The minimum Gasteiger partial charge on any atom is -0.493 e. The first-order chi connectivity index (χ1) is 11.0. The molecule has 0 heterocycles. The van der Waals surface area contributed by atoms with E-state index in [0.29, 0.717) is 16.5 Å². The van der Waals surface area contributed by atoms with Crippen molar-refractivity contribution in [1.82, 2.24) is 0 Å². The Labute approximate surface area is 133 Å². The molecule has 0 spiro atoms. The quantitative estimate of drug-likeness (QED) is 0.481. The van der Waals surface area contributed by atoms with Crippen LogP contribution in [0.3, 0.4) is 0 Å². The lowest BCUT2D eigenvalue weighted by Gasteiger charge is -2.15. The summed E-state index contributed by atoms with van der Waals surface area (Å²) >= 11 is 0. The maximum Gasteiger partial charge on any atom is 0.335 e. The second-order valence-corrected chi connectivity index (χ2v) is 4.71. The third kappa shape index (κ3) is 3.40. The van der Waals surface area contributed by atoms with E-state index in [0.717, 1.165) is 17.7 Å². The average Bonchev–Trinajstić information content (AvgIpc) is 2.56. The van der Waals surface area contributed by atoms with E-state index in [1.807, 2.05) is 19.1 Å². The van der Waals surface area contributed by atoms with E-state index >= 15 is 0 Å². The number of methoxy groups -OCH3 is 1. The zero-order valence-corrected chi connectivity index (χ0v) is 12.9. The smallest absolute Gasteiger partial charge is 0.335 e. The molecule has 118 valence electrons. The van der Waals surface area contributed by atoms with Crippen LogP contribution in [0.15, 0.2) is 49.6 Å². The molecule has 0 radical (unpaired) electrons. The van der Waals surface area contributed by atoms with E-state index in [2.05, 4.69) is 13.2 Å². The standard InChI is InChI=1S/C18H16O5/c1-5-16(19)22-14-10-15(21-4)18(23-17(20)6-2)12-8-7-11(3)9-13(12)14/h5-10H,1-2H2,3-4H3. The molecule has 0 saturated carbocycles. The van der Waals surface area contributed by atoms with Gasteiger partial charge in [-0.05, 0) is 13.0 Å². The van der Waals surface area contributed by atoms with Crippen LogP contribution in [-0.2, 0) is 9.59 Å². The fourth-order valence-electron chi connectivity index (χ4n) is 2.09. The average molecular weight is 312 g/mol. The van der Waals surface area contributed by atoms with Crippen molar-refractivity contribution in [3.63, 3.8) is 0 Å². The van der Waals surface area contributed by atoms with Crippen molar-refractivity contribution in [3.05, 3.63) is 55.1 Å². The molecule has 2 aromatic carbocycles. The molecule has 23 heavy (non-hydrogen) atoms. The topological polar surface area (TPSA) is 61.8 Å². The molecule has 0 aromatic heterocycles. The molecule has 5 nitrogen and oxygen atoms in total. The number of rotatable bonds is 5. The molecule has 0 N–H and O–H groups in total. The summed E-state index contributed by atoms with van der Waals surface area (Å²) in [5, 5.41) is 1.20. The van der Waals surface area contributed by atoms with Crippen molar-refractivity contribution < 1.29 is 23.8 Å². The van der Waals surface area contributed by atoms with Gasteiger partial charge in [0.2, 0.25) is 0 Å². The highest BCUT2D eigenvalue weighted by Crippen LogP contribution is 2.42. The third-order valence-electron chi connectivity index (χ3n) is 3.14. The van der Waals surface area contributed by atoms with Gasteiger partial charge in [-0.3, -0.25) is 0 Å². The summed E-state index contributed by atoms with van der Waals surface area (Å²) in [7, 11) is 1.43. The lowest BCUT2D eigenvalue weighted by Crippen LogP contribution is -2.07. The summed E-state index contributed by atoms with van der Waals surface area (Å²) in [6.45, 7) is 8.66. The summed E-state index contributed by atoms with van der Waals surface area (Å²) in [6.07, 6.45) is 2.13. The van der Waals surface area contributed by atoms with Gasteiger partial charge in [-0.25, -0.2) is 9.59 Å². The number of benzene rings is 2. The lowest BCUT2D eigenvalue weighted by atomic mass is 10.0. The molecule has 2 aromatic rings. The van der Waals surface area contributed by atoms with Crippen molar-refractivity contribution in [2.75, 3.05) is 7.11 Å². The second kappa shape index (κ2) is 6.79. The monoisotopic (exact) mass is 312 g/mol. The van der Waals surface area contributed by atoms with Crippen molar-refractivity contribution in [2.24, 2.45) is 0 Å². The van der Waals surface area contributed by atoms with E-state index in [1.165, 1.54) is 13.2 Å². The summed E-state index contributed by atoms with van der Waals surface area (Å²) in [6, 6.07) is 6.94. The normalized spacial score (nSPS) is 10.0. The van der Waals surface area contributed by atoms with E-state index in [9.17, 15) is 9.59 Å². The first-order valence-corrected chi connectivity index (χ1v) is 6.80. The van der Waals surface area contributed by atoms with E-state index in [4.69, 9.17) is 14.2 Å². The molecule has 2 rings (SSSR count). The number of ether oxygens (including phenoxy) is 3. The largest absolute Gasteiger partial charge is 0.493 e. The van der Waals surface area contributed by atoms with Crippen LogP contribution in [0.4, 0.5) is 0 Å². The highest BCUT2D eigenvalue weighted by Gasteiger charge is 2.18. The lowest BCUT2D eigenvalue weighted by molar-refractivity contribution is -0.130. The number of aryl methyl sites for hydroxylation is 1. The summed E-state index contributed by atoms with van der Waals surface area (Å²) in [4.78, 5) is 23.1. The number of hydrogen-bond donors (Lipinski definition) is 0. The van der Waals surface area contributed by atoms with Crippen LogP contribution in [0.5, 0.6) is 17.2 Å². The Morgan fingerprint density at radius 3 is 2.22 bits per heavy atom. The molecule has 0 unspecified atom stereocenters. The van der Waals surface area contributed by atoms with Gasteiger partial charge in [0.1, 0.15) is 5.75 Å². The van der Waals surface area contributed by atoms with E-state index in [1.54, 1.807) is 6.07 Å². The van der Waals surface area contributed by atoms with Crippen LogP contribution in [0.25, 0.3) is 10.8 Å². The highest BCUT2D eigenvalue weighted by molar-refractivity contribution is 6.00. The first kappa shape index (κ1) is 16.3. The Morgan fingerprint density at radius 2 is 1.61 bits per heavy atom. The summed E-state index contributed by atoms with van der Waals surface area (Å²) in [5.41, 5.74) is 0.958. The Kier molecular flexibility index (Phi) is 4.81. The van der Waals surface area contributed by atoms with Crippen molar-refractivity contribution in [3.8, 4) is 17.2 Å². The number of hydrogen-bond acceptors (Lipinski definition) is 5. The predicted molar refractivity (Wildman–Crippen MR) is 86.9 cm³/mol. The fourth-order valence-corrected chi connectivity index (χ4v) is 2.09. The summed E-state index contributed by atoms with van der Waals surface area (Å²) < 4.78 is 15.8. The molecule has 0 aliphatic heterocycles. The van der Waals surface area contributed by atoms with Crippen molar-refractivity contribution in [2.45, 2.75) is 6.92 Å². The highest BCUT2D eigenvalue weighted by atomic mass is 16.6. The van der Waals surface area contributed by atoms with Gasteiger partial charge in [0.25, 0.3) is 0 Å². The molecule has 0 atom stereocenters. The molecule has 0 fully saturated rings. The van der Waals surface area contributed by atoms with Gasteiger partial charge in [0.15, 0.2) is 11.5 Å². The minimum absolute atomic E-state index is 0.241. The number of fused-ring (bicyclic) bond motifs is 1. The van der Waals surface area contributed by atoms with E-state index < -0.39 is 11.9 Å². The first-order valence-electron chi connectivity index (χ1n) is 6.80. The third-order valence-corrected chi connectivity index (χ3v) is 3.14. The van der Waals surface area contributed by atoms with Gasteiger partial charge in [0, 0.05) is 29.0 Å². The summed E-state index contributed by atoms with van der Waals surface area (Å²) in [5.74, 6) is -0.398. The van der Waals surface area contributed by atoms with Crippen LogP contribution in [-0.4, -0.2) is 19.0 Å². The van der Waals surface area contributed by atoms with Gasteiger partial charge in [0.05, 0.1) is 7.11 Å². The van der Waals surface area contributed by atoms with Crippen LogP contribution in [0, 0.1) is 6.92 Å². The van der Waals surface area contributed by atoms with Crippen LogP contribution in [0.1, 0.15) is 5.56 Å². The molecule has 0 amide bonds. The molecule has 5 heteroatoms. The Bertz CT molecular complexity index is 805. The predicted octanol–water partition coefficient (Wildman–Crippen LogP) is 3.34. The van der Waals surface area contributed by atoms with Crippen molar-refractivity contribution in [1.29, 1.82) is 0 Å². The maximum absolute atomic E-state index is 11.6.